The summed E-state index contributed by atoms with van der Waals surface area (Å²) in [6.07, 6.45) is 5.88. The average molecular weight is 490 g/mol. The molecule has 184 valence electrons. The van der Waals surface area contributed by atoms with Crippen molar-refractivity contribution in [2.45, 2.75) is 62.8 Å². The number of nitrogens with two attached hydrogens (primary N) is 1. The van der Waals surface area contributed by atoms with Gasteiger partial charge in [0.05, 0.1) is 5.69 Å². The molecular weight excluding hydrogens is 457 g/mol. The third kappa shape index (κ3) is 4.43. The molecule has 0 amide bonds. The molecule has 1 saturated carbocycles. The van der Waals surface area contributed by atoms with Gasteiger partial charge in [0.15, 0.2) is 17.3 Å². The number of methoxy groups -OCH3 is 2. The molecule has 34 heavy (non-hydrogen) atoms. The molecule has 2 saturated heterocycles. The van der Waals surface area contributed by atoms with Crippen molar-refractivity contribution in [2.24, 2.45) is 5.92 Å². The van der Waals surface area contributed by atoms with E-state index in [1.165, 1.54) is 0 Å². The number of aromatic nitrogens is 2. The first kappa shape index (κ1) is 23.6. The number of fused-ring (bicyclic) bond motifs is 2. The molecule has 1 aromatic heterocycles. The summed E-state index contributed by atoms with van der Waals surface area (Å²) < 4.78 is 25.9. The normalized spacial score (nSPS) is 27.0. The number of hydrogen-bond acceptors (Lipinski definition) is 7. The highest BCUT2D eigenvalue weighted by atomic mass is 35.5. The summed E-state index contributed by atoms with van der Waals surface area (Å²) in [7, 11) is 3.37. The molecule has 0 unspecified atom stereocenters. The molecule has 5 rings (SSSR count). The van der Waals surface area contributed by atoms with E-state index in [4.69, 9.17) is 26.8 Å². The topological polar surface area (TPSA) is 76.7 Å². The standard InChI is InChI=1S/C25H33ClFN5O2/c1-33-25(34-2)16-5-3-15(4-6-16)20-11-17(9-10-21(20)27)32-18-7-8-19(32)14-31(13-18)22-12-23(26)29-30-24(22)28/h9-12,15-16,18-19,25H,3-8,13-14H2,1-2H3,(H2,28,30)/t15?,16?,18-,19-/m0/s1. The molecule has 1 aliphatic carbocycles. The molecule has 2 atom stereocenters. The fraction of sp³-hybridized carbons (Fsp3) is 0.600. The van der Waals surface area contributed by atoms with Crippen LogP contribution in [0, 0.1) is 11.7 Å². The molecule has 3 fully saturated rings. The van der Waals surface area contributed by atoms with Crippen LogP contribution in [0.15, 0.2) is 24.3 Å². The van der Waals surface area contributed by atoms with Crippen LogP contribution in [0.25, 0.3) is 0 Å². The van der Waals surface area contributed by atoms with Crippen molar-refractivity contribution in [1.82, 2.24) is 10.2 Å². The van der Waals surface area contributed by atoms with Gasteiger partial charge in [-0.25, -0.2) is 4.39 Å². The van der Waals surface area contributed by atoms with Gasteiger partial charge in [-0.05, 0) is 68.2 Å². The van der Waals surface area contributed by atoms with Crippen LogP contribution >= 0.6 is 11.6 Å². The number of nitrogen functional groups attached to an aromatic ring is 1. The first-order valence-corrected chi connectivity index (χ1v) is 12.5. The van der Waals surface area contributed by atoms with E-state index in [-0.39, 0.29) is 18.0 Å². The number of piperazine rings is 1. The fourth-order valence-electron chi connectivity index (χ4n) is 6.33. The number of ether oxygens (including phenoxy) is 2. The van der Waals surface area contributed by atoms with Gasteiger partial charge in [0, 0.05) is 57.1 Å². The van der Waals surface area contributed by atoms with Crippen molar-refractivity contribution in [3.63, 3.8) is 0 Å². The van der Waals surface area contributed by atoms with Crippen molar-refractivity contribution >= 4 is 28.8 Å². The molecular formula is C25H33ClFN5O2. The van der Waals surface area contributed by atoms with E-state index in [0.29, 0.717) is 29.0 Å². The second-order valence-corrected chi connectivity index (χ2v) is 10.2. The van der Waals surface area contributed by atoms with Gasteiger partial charge >= 0.3 is 0 Å². The van der Waals surface area contributed by atoms with Gasteiger partial charge in [-0.3, -0.25) is 0 Å². The molecule has 0 spiro atoms. The maximum Gasteiger partial charge on any atom is 0.169 e. The number of nitrogens with zero attached hydrogens (tertiary/aromatic N) is 4. The Hall–Kier alpha value is -2.16. The van der Waals surface area contributed by atoms with Crippen molar-refractivity contribution < 1.29 is 13.9 Å². The molecule has 0 radical (unpaired) electrons. The van der Waals surface area contributed by atoms with E-state index in [1.54, 1.807) is 26.4 Å². The average Bonchev–Trinajstić information content (AvgIpc) is 3.11. The Labute approximate surface area is 205 Å². The minimum atomic E-state index is -0.177. The Balaban J connectivity index is 1.32. The number of benzene rings is 1. The summed E-state index contributed by atoms with van der Waals surface area (Å²) in [6.45, 7) is 1.66. The van der Waals surface area contributed by atoms with Crippen molar-refractivity contribution in [1.29, 1.82) is 0 Å². The quantitative estimate of drug-likeness (QED) is 0.594. The molecule has 1 aromatic carbocycles. The first-order chi connectivity index (χ1) is 16.5. The van der Waals surface area contributed by atoms with Crippen LogP contribution in [0.4, 0.5) is 21.6 Å². The number of anilines is 3. The zero-order valence-corrected chi connectivity index (χ0v) is 20.5. The lowest BCUT2D eigenvalue weighted by Gasteiger charge is -2.44. The molecule has 3 heterocycles. The Kier molecular flexibility index (Phi) is 6.82. The zero-order chi connectivity index (χ0) is 23.8. The lowest BCUT2D eigenvalue weighted by atomic mass is 9.78. The first-order valence-electron chi connectivity index (χ1n) is 12.2. The van der Waals surface area contributed by atoms with E-state index in [0.717, 1.165) is 68.6 Å². The van der Waals surface area contributed by atoms with Gasteiger partial charge in [0.25, 0.3) is 0 Å². The number of rotatable bonds is 6. The Morgan fingerprint density at radius 1 is 1.00 bits per heavy atom. The van der Waals surface area contributed by atoms with Gasteiger partial charge in [0.1, 0.15) is 5.82 Å². The summed E-state index contributed by atoms with van der Waals surface area (Å²) >= 11 is 6.08. The van der Waals surface area contributed by atoms with Gasteiger partial charge in [-0.2, -0.15) is 0 Å². The Bertz CT molecular complexity index is 1000. The molecule has 3 aliphatic rings. The molecule has 2 N–H and O–H groups in total. The largest absolute Gasteiger partial charge is 0.380 e. The molecule has 7 nitrogen and oxygen atoms in total. The lowest BCUT2D eigenvalue weighted by Crippen LogP contribution is -2.54. The maximum atomic E-state index is 15.0. The number of halogens is 2. The summed E-state index contributed by atoms with van der Waals surface area (Å²) in [5, 5.41) is 8.17. The highest BCUT2D eigenvalue weighted by Gasteiger charge is 2.41. The van der Waals surface area contributed by atoms with Crippen LogP contribution in [0.2, 0.25) is 5.15 Å². The van der Waals surface area contributed by atoms with E-state index in [9.17, 15) is 4.39 Å². The smallest absolute Gasteiger partial charge is 0.169 e. The maximum absolute atomic E-state index is 15.0. The van der Waals surface area contributed by atoms with Crippen molar-refractivity contribution in [2.75, 3.05) is 42.8 Å². The molecule has 2 aromatic rings. The van der Waals surface area contributed by atoms with E-state index in [2.05, 4.69) is 26.1 Å². The number of hydrogen-bond donors (Lipinski definition) is 1. The minimum Gasteiger partial charge on any atom is -0.380 e. The van der Waals surface area contributed by atoms with Gasteiger partial charge in [-0.15, -0.1) is 10.2 Å². The van der Waals surface area contributed by atoms with Crippen LogP contribution in [-0.2, 0) is 9.47 Å². The predicted octanol–water partition coefficient (Wildman–Crippen LogP) is 4.60. The van der Waals surface area contributed by atoms with E-state index in [1.807, 2.05) is 6.07 Å². The highest BCUT2D eigenvalue weighted by Crippen LogP contribution is 2.42. The van der Waals surface area contributed by atoms with Crippen LogP contribution in [0.3, 0.4) is 0 Å². The van der Waals surface area contributed by atoms with Crippen molar-refractivity contribution in [3.8, 4) is 0 Å². The van der Waals surface area contributed by atoms with Gasteiger partial charge < -0.3 is 25.0 Å². The SMILES string of the molecule is COC(OC)C1CCC(c2cc(N3[C@H]4CC[C@H]3CN(c3cc(Cl)nnc3N)C4)ccc2F)CC1. The van der Waals surface area contributed by atoms with Crippen LogP contribution < -0.4 is 15.5 Å². The summed E-state index contributed by atoms with van der Waals surface area (Å²) in [5.74, 6) is 0.902. The fourth-order valence-corrected chi connectivity index (χ4v) is 6.47. The predicted molar refractivity (Wildman–Crippen MR) is 132 cm³/mol. The second kappa shape index (κ2) is 9.84. The summed E-state index contributed by atoms with van der Waals surface area (Å²) in [4.78, 5) is 4.76. The van der Waals surface area contributed by atoms with Crippen LogP contribution in [-0.4, -0.2) is 55.9 Å². The van der Waals surface area contributed by atoms with Crippen LogP contribution in [0.1, 0.15) is 50.0 Å². The van der Waals surface area contributed by atoms with Crippen molar-refractivity contribution in [3.05, 3.63) is 40.8 Å². The molecule has 2 bridgehead atoms. The minimum absolute atomic E-state index is 0.0986. The Morgan fingerprint density at radius 2 is 1.68 bits per heavy atom. The van der Waals surface area contributed by atoms with E-state index >= 15 is 0 Å². The van der Waals surface area contributed by atoms with Gasteiger partial charge in [-0.1, -0.05) is 11.6 Å². The van der Waals surface area contributed by atoms with Gasteiger partial charge in [0.2, 0.25) is 0 Å². The molecule has 2 aliphatic heterocycles. The third-order valence-corrected chi connectivity index (χ3v) is 8.12. The highest BCUT2D eigenvalue weighted by molar-refractivity contribution is 6.29. The lowest BCUT2D eigenvalue weighted by molar-refractivity contribution is -0.144. The van der Waals surface area contributed by atoms with E-state index < -0.39 is 0 Å². The van der Waals surface area contributed by atoms with Crippen LogP contribution in [0.5, 0.6) is 0 Å². The summed E-state index contributed by atoms with van der Waals surface area (Å²) in [5.41, 5.74) is 8.91. The Morgan fingerprint density at radius 3 is 2.32 bits per heavy atom. The zero-order valence-electron chi connectivity index (χ0n) is 19.8. The molecule has 9 heteroatoms. The summed E-state index contributed by atoms with van der Waals surface area (Å²) in [6, 6.07) is 8.16. The second-order valence-electron chi connectivity index (χ2n) is 9.79. The third-order valence-electron chi connectivity index (χ3n) is 7.93. The monoisotopic (exact) mass is 489 g/mol.